The third-order valence-electron chi connectivity index (χ3n) is 3.95. The van der Waals surface area contributed by atoms with Gasteiger partial charge >= 0.3 is 0 Å². The molecule has 0 saturated carbocycles. The Balaban J connectivity index is 1.58. The van der Waals surface area contributed by atoms with Gasteiger partial charge in [-0.05, 0) is 36.5 Å². The highest BCUT2D eigenvalue weighted by Crippen LogP contribution is 2.26. The molecule has 102 valence electrons. The number of aromatic nitrogens is 3. The van der Waals surface area contributed by atoms with Crippen LogP contribution in [-0.4, -0.2) is 27.3 Å². The molecule has 1 aromatic heterocycles. The summed E-state index contributed by atoms with van der Waals surface area (Å²) in [6.07, 6.45) is 6.53. The van der Waals surface area contributed by atoms with Gasteiger partial charge in [0.25, 0.3) is 0 Å². The molecule has 4 rings (SSSR count). The Labute approximate surface area is 117 Å². The van der Waals surface area contributed by atoms with Crippen LogP contribution in [0.2, 0.25) is 0 Å². The third-order valence-corrected chi connectivity index (χ3v) is 3.95. The van der Waals surface area contributed by atoms with Gasteiger partial charge < -0.3 is 4.84 Å². The number of benzene rings is 1. The first-order chi connectivity index (χ1) is 9.88. The lowest BCUT2D eigenvalue weighted by Gasteiger charge is -2.01. The fraction of sp³-hybridized carbons (Fsp3) is 0.400. The van der Waals surface area contributed by atoms with E-state index in [2.05, 4.69) is 33.7 Å². The highest BCUT2D eigenvalue weighted by molar-refractivity contribution is 5.84. The van der Waals surface area contributed by atoms with E-state index in [1.54, 1.807) is 0 Å². The monoisotopic (exact) mass is 268 g/mol. The number of hydrogen-bond donors (Lipinski definition) is 0. The molecule has 2 aliphatic rings. The van der Waals surface area contributed by atoms with Crippen LogP contribution in [0, 0.1) is 0 Å². The van der Waals surface area contributed by atoms with Gasteiger partial charge in [-0.1, -0.05) is 22.5 Å². The first kappa shape index (κ1) is 11.6. The van der Waals surface area contributed by atoms with Crippen LogP contribution >= 0.6 is 0 Å². The molecule has 0 saturated heterocycles. The molecular formula is C15H16N4O. The fourth-order valence-electron chi connectivity index (χ4n) is 2.88. The summed E-state index contributed by atoms with van der Waals surface area (Å²) in [5.41, 5.74) is 6.06. The molecule has 0 spiro atoms. The van der Waals surface area contributed by atoms with Gasteiger partial charge in [-0.3, -0.25) is 0 Å². The van der Waals surface area contributed by atoms with E-state index in [1.165, 1.54) is 30.4 Å². The average Bonchev–Trinajstić information content (AvgIpc) is 3.19. The molecule has 0 amide bonds. The molecule has 0 bridgehead atoms. The molecule has 2 aromatic rings. The second kappa shape index (κ2) is 4.74. The first-order valence-corrected chi connectivity index (χ1v) is 7.08. The van der Waals surface area contributed by atoms with Crippen molar-refractivity contribution in [3.8, 4) is 11.3 Å². The van der Waals surface area contributed by atoms with Crippen molar-refractivity contribution in [2.45, 2.75) is 32.2 Å². The Bertz CT molecular complexity index is 674. The summed E-state index contributed by atoms with van der Waals surface area (Å²) in [6.45, 7) is 1.35. The van der Waals surface area contributed by atoms with Crippen molar-refractivity contribution in [3.63, 3.8) is 0 Å². The Kier molecular flexibility index (Phi) is 2.76. The van der Waals surface area contributed by atoms with Crippen LogP contribution in [0.4, 0.5) is 0 Å². The molecule has 0 radical (unpaired) electrons. The lowest BCUT2D eigenvalue weighted by molar-refractivity contribution is 0.173. The quantitative estimate of drug-likeness (QED) is 0.857. The van der Waals surface area contributed by atoms with Gasteiger partial charge in [-0.15, -0.1) is 5.10 Å². The summed E-state index contributed by atoms with van der Waals surface area (Å²) in [7, 11) is 0. The van der Waals surface area contributed by atoms with Crippen molar-refractivity contribution in [2.24, 2.45) is 5.16 Å². The molecule has 1 aliphatic carbocycles. The minimum Gasteiger partial charge on any atom is -0.395 e. The predicted octanol–water partition coefficient (Wildman–Crippen LogP) is 2.21. The van der Waals surface area contributed by atoms with Gasteiger partial charge in [0.05, 0.1) is 18.5 Å². The Morgan fingerprint density at radius 3 is 3.00 bits per heavy atom. The number of hydrogen-bond acceptors (Lipinski definition) is 4. The highest BCUT2D eigenvalue weighted by Gasteiger charge is 2.14. The summed E-state index contributed by atoms with van der Waals surface area (Å²) in [5, 5.41) is 12.4. The van der Waals surface area contributed by atoms with E-state index in [0.29, 0.717) is 13.2 Å². The SMILES string of the molecule is c1cc2c(cc1-c1cn(CC3=NOCC3)nn1)CCC2. The van der Waals surface area contributed by atoms with Crippen molar-refractivity contribution in [1.82, 2.24) is 15.0 Å². The van der Waals surface area contributed by atoms with Gasteiger partial charge in [-0.2, -0.15) is 0 Å². The number of fused-ring (bicyclic) bond motifs is 1. The average molecular weight is 268 g/mol. The van der Waals surface area contributed by atoms with Gasteiger partial charge in [0.1, 0.15) is 12.3 Å². The topological polar surface area (TPSA) is 52.3 Å². The standard InChI is InChI=1S/C15H16N4O/c1-2-11-4-5-13(8-12(11)3-1)15-10-19(18-16-15)9-14-6-7-20-17-14/h4-5,8,10H,1-3,6-7,9H2. The van der Waals surface area contributed by atoms with Gasteiger partial charge in [0.15, 0.2) is 0 Å². The van der Waals surface area contributed by atoms with E-state index in [1.807, 2.05) is 10.9 Å². The number of oxime groups is 1. The summed E-state index contributed by atoms with van der Waals surface area (Å²) in [4.78, 5) is 5.00. The number of nitrogens with zero attached hydrogens (tertiary/aromatic N) is 4. The first-order valence-electron chi connectivity index (χ1n) is 7.08. The van der Waals surface area contributed by atoms with Gasteiger partial charge in [0, 0.05) is 12.0 Å². The molecule has 1 aliphatic heterocycles. The minimum absolute atomic E-state index is 0.665. The maximum Gasteiger partial charge on any atom is 0.122 e. The second-order valence-electron chi connectivity index (χ2n) is 5.38. The largest absolute Gasteiger partial charge is 0.395 e. The fourth-order valence-corrected chi connectivity index (χ4v) is 2.88. The summed E-state index contributed by atoms with van der Waals surface area (Å²) >= 11 is 0. The van der Waals surface area contributed by atoms with E-state index < -0.39 is 0 Å². The molecule has 5 nitrogen and oxygen atoms in total. The smallest absolute Gasteiger partial charge is 0.122 e. The van der Waals surface area contributed by atoms with Crippen molar-refractivity contribution in [2.75, 3.05) is 6.61 Å². The van der Waals surface area contributed by atoms with E-state index in [4.69, 9.17) is 4.84 Å². The molecule has 0 fully saturated rings. The Morgan fingerprint density at radius 1 is 1.15 bits per heavy atom. The van der Waals surface area contributed by atoms with Crippen LogP contribution in [0.15, 0.2) is 29.6 Å². The lowest BCUT2D eigenvalue weighted by Crippen LogP contribution is -2.08. The van der Waals surface area contributed by atoms with E-state index >= 15 is 0 Å². The molecule has 2 heterocycles. The van der Waals surface area contributed by atoms with Crippen LogP contribution in [0.5, 0.6) is 0 Å². The number of rotatable bonds is 3. The molecule has 0 atom stereocenters. The zero-order valence-corrected chi connectivity index (χ0v) is 11.2. The van der Waals surface area contributed by atoms with Crippen LogP contribution in [-0.2, 0) is 24.2 Å². The molecule has 5 heteroatoms. The van der Waals surface area contributed by atoms with E-state index in [9.17, 15) is 0 Å². The minimum atomic E-state index is 0.665. The third kappa shape index (κ3) is 2.09. The van der Waals surface area contributed by atoms with Crippen molar-refractivity contribution in [1.29, 1.82) is 0 Å². The maximum atomic E-state index is 5.00. The zero-order valence-electron chi connectivity index (χ0n) is 11.2. The van der Waals surface area contributed by atoms with Crippen LogP contribution in [0.25, 0.3) is 11.3 Å². The van der Waals surface area contributed by atoms with Gasteiger partial charge in [-0.25, -0.2) is 4.68 Å². The number of aryl methyl sites for hydroxylation is 2. The summed E-state index contributed by atoms with van der Waals surface area (Å²) < 4.78 is 1.83. The van der Waals surface area contributed by atoms with Crippen LogP contribution < -0.4 is 0 Å². The molecule has 0 unspecified atom stereocenters. The predicted molar refractivity (Wildman–Crippen MR) is 75.5 cm³/mol. The molecule has 0 N–H and O–H groups in total. The van der Waals surface area contributed by atoms with Crippen LogP contribution in [0.3, 0.4) is 0 Å². The maximum absolute atomic E-state index is 5.00. The lowest BCUT2D eigenvalue weighted by atomic mass is 10.0. The summed E-state index contributed by atoms with van der Waals surface area (Å²) in [6, 6.07) is 6.63. The molecule has 1 aromatic carbocycles. The second-order valence-corrected chi connectivity index (χ2v) is 5.38. The van der Waals surface area contributed by atoms with Crippen molar-refractivity contribution < 1.29 is 4.84 Å². The van der Waals surface area contributed by atoms with Crippen molar-refractivity contribution >= 4 is 5.71 Å². The molecule has 20 heavy (non-hydrogen) atoms. The van der Waals surface area contributed by atoms with Crippen molar-refractivity contribution in [3.05, 3.63) is 35.5 Å². The Morgan fingerprint density at radius 2 is 2.10 bits per heavy atom. The Hall–Kier alpha value is -2.17. The van der Waals surface area contributed by atoms with E-state index in [-0.39, 0.29) is 0 Å². The molecular weight excluding hydrogens is 252 g/mol. The zero-order chi connectivity index (χ0) is 13.4. The van der Waals surface area contributed by atoms with E-state index in [0.717, 1.165) is 23.4 Å². The summed E-state index contributed by atoms with van der Waals surface area (Å²) in [5.74, 6) is 0. The van der Waals surface area contributed by atoms with Crippen LogP contribution in [0.1, 0.15) is 24.0 Å². The van der Waals surface area contributed by atoms with Gasteiger partial charge in [0.2, 0.25) is 0 Å². The highest BCUT2D eigenvalue weighted by atomic mass is 16.6. The normalized spacial score (nSPS) is 16.9.